The van der Waals surface area contributed by atoms with Crippen molar-refractivity contribution in [2.45, 2.75) is 10.9 Å². The zero-order valence-corrected chi connectivity index (χ0v) is 11.5. The van der Waals surface area contributed by atoms with Crippen molar-refractivity contribution in [3.05, 3.63) is 66.4 Å². The Morgan fingerprint density at radius 1 is 0.950 bits per heavy atom. The van der Waals surface area contributed by atoms with Gasteiger partial charge in [0.25, 0.3) is 0 Å². The van der Waals surface area contributed by atoms with Crippen LogP contribution in [0.15, 0.2) is 65.7 Å². The van der Waals surface area contributed by atoms with Crippen LogP contribution < -0.4 is 0 Å². The number of nitrogens with zero attached hydrogens (tertiary/aromatic N) is 1. The SMILES string of the molecule is O=S1(=O)CC(c2ccccc2)n2ccc3cccc1c32. The minimum Gasteiger partial charge on any atom is -0.338 e. The van der Waals surface area contributed by atoms with Gasteiger partial charge in [0.2, 0.25) is 0 Å². The van der Waals surface area contributed by atoms with Gasteiger partial charge in [-0.05, 0) is 17.7 Å². The highest BCUT2D eigenvalue weighted by Gasteiger charge is 2.32. The Morgan fingerprint density at radius 2 is 1.75 bits per heavy atom. The molecule has 1 atom stereocenters. The van der Waals surface area contributed by atoms with Crippen LogP contribution in [0, 0.1) is 0 Å². The number of benzene rings is 2. The summed E-state index contributed by atoms with van der Waals surface area (Å²) in [6.07, 6.45) is 1.99. The molecule has 1 aliphatic rings. The minimum absolute atomic E-state index is 0.123. The third-order valence-electron chi connectivity index (χ3n) is 3.94. The Morgan fingerprint density at radius 3 is 2.55 bits per heavy atom. The normalized spacial score (nSPS) is 20.1. The van der Waals surface area contributed by atoms with Gasteiger partial charge >= 0.3 is 0 Å². The van der Waals surface area contributed by atoms with Gasteiger partial charge in [0.1, 0.15) is 0 Å². The van der Waals surface area contributed by atoms with E-state index in [0.717, 1.165) is 16.5 Å². The van der Waals surface area contributed by atoms with Crippen LogP contribution in [0.1, 0.15) is 11.6 Å². The lowest BCUT2D eigenvalue weighted by molar-refractivity contribution is 0.566. The van der Waals surface area contributed by atoms with Crippen molar-refractivity contribution in [2.24, 2.45) is 0 Å². The van der Waals surface area contributed by atoms with Gasteiger partial charge in [0, 0.05) is 11.6 Å². The van der Waals surface area contributed by atoms with Crippen LogP contribution in [0.3, 0.4) is 0 Å². The molecule has 0 fully saturated rings. The number of rotatable bonds is 1. The first kappa shape index (κ1) is 11.7. The number of aromatic nitrogens is 1. The van der Waals surface area contributed by atoms with Gasteiger partial charge < -0.3 is 4.57 Å². The summed E-state index contributed by atoms with van der Waals surface area (Å²) in [5, 5.41) is 0.978. The molecule has 3 nitrogen and oxygen atoms in total. The first-order valence-electron chi connectivity index (χ1n) is 6.54. The Labute approximate surface area is 117 Å². The van der Waals surface area contributed by atoms with Gasteiger partial charge in [0.05, 0.1) is 22.2 Å². The number of sulfone groups is 1. The molecule has 0 saturated heterocycles. The Balaban J connectivity index is 2.06. The molecule has 4 rings (SSSR count). The highest BCUT2D eigenvalue weighted by Crippen LogP contribution is 2.36. The predicted molar refractivity (Wildman–Crippen MR) is 78.6 cm³/mol. The fourth-order valence-electron chi connectivity index (χ4n) is 3.01. The van der Waals surface area contributed by atoms with Crippen LogP contribution in [0.25, 0.3) is 10.9 Å². The third kappa shape index (κ3) is 1.55. The van der Waals surface area contributed by atoms with Gasteiger partial charge in [0.15, 0.2) is 9.84 Å². The third-order valence-corrected chi connectivity index (χ3v) is 5.69. The summed E-state index contributed by atoms with van der Waals surface area (Å²) in [4.78, 5) is 0.451. The maximum atomic E-state index is 12.5. The smallest absolute Gasteiger partial charge is 0.182 e. The second kappa shape index (κ2) is 3.96. The van der Waals surface area contributed by atoms with Crippen molar-refractivity contribution >= 4 is 20.7 Å². The molecule has 0 amide bonds. The van der Waals surface area contributed by atoms with Crippen LogP contribution in [-0.4, -0.2) is 18.7 Å². The van der Waals surface area contributed by atoms with E-state index in [2.05, 4.69) is 4.57 Å². The second-order valence-corrected chi connectivity index (χ2v) is 7.13. The maximum absolute atomic E-state index is 12.5. The summed E-state index contributed by atoms with van der Waals surface area (Å²) in [6.45, 7) is 0. The molecule has 0 aliphatic carbocycles. The highest BCUT2D eigenvalue weighted by atomic mass is 32.2. The van der Waals surface area contributed by atoms with E-state index >= 15 is 0 Å². The van der Waals surface area contributed by atoms with Crippen molar-refractivity contribution in [1.29, 1.82) is 0 Å². The topological polar surface area (TPSA) is 39.1 Å². The molecule has 2 aromatic carbocycles. The van der Waals surface area contributed by atoms with E-state index in [1.807, 2.05) is 54.7 Å². The van der Waals surface area contributed by atoms with Crippen LogP contribution in [0.4, 0.5) is 0 Å². The molecule has 0 spiro atoms. The first-order valence-corrected chi connectivity index (χ1v) is 8.19. The Bertz CT molecular complexity index is 895. The predicted octanol–water partition coefficient (Wildman–Crippen LogP) is 3.02. The molecule has 4 heteroatoms. The molecule has 2 heterocycles. The molecular formula is C16H13NO2S. The van der Waals surface area contributed by atoms with E-state index < -0.39 is 9.84 Å². The molecule has 0 saturated carbocycles. The molecule has 0 N–H and O–H groups in total. The molecule has 20 heavy (non-hydrogen) atoms. The van der Waals surface area contributed by atoms with Crippen molar-refractivity contribution in [1.82, 2.24) is 4.57 Å². The summed E-state index contributed by atoms with van der Waals surface area (Å²) in [5.41, 5.74) is 1.86. The number of hydrogen-bond donors (Lipinski definition) is 0. The zero-order valence-electron chi connectivity index (χ0n) is 10.7. The lowest BCUT2D eigenvalue weighted by Gasteiger charge is -2.26. The van der Waals surface area contributed by atoms with E-state index in [4.69, 9.17) is 0 Å². The lowest BCUT2D eigenvalue weighted by Crippen LogP contribution is -2.26. The van der Waals surface area contributed by atoms with Crippen LogP contribution >= 0.6 is 0 Å². The first-order chi connectivity index (χ1) is 9.67. The average molecular weight is 283 g/mol. The minimum atomic E-state index is -3.24. The van der Waals surface area contributed by atoms with E-state index in [1.54, 1.807) is 6.07 Å². The number of para-hydroxylation sites is 1. The average Bonchev–Trinajstić information content (AvgIpc) is 2.89. The summed E-state index contributed by atoms with van der Waals surface area (Å²) in [5.74, 6) is 0.123. The van der Waals surface area contributed by atoms with Gasteiger partial charge in [-0.15, -0.1) is 0 Å². The molecule has 0 bridgehead atoms. The van der Waals surface area contributed by atoms with E-state index in [-0.39, 0.29) is 11.8 Å². The standard InChI is InChI=1S/C16H13NO2S/c18-20(19)11-14(12-5-2-1-3-6-12)17-10-9-13-7-4-8-15(20)16(13)17/h1-10,14H,11H2. The maximum Gasteiger partial charge on any atom is 0.182 e. The lowest BCUT2D eigenvalue weighted by atomic mass is 10.1. The summed E-state index contributed by atoms with van der Waals surface area (Å²) < 4.78 is 27.1. The van der Waals surface area contributed by atoms with E-state index in [9.17, 15) is 8.42 Å². The summed E-state index contributed by atoms with van der Waals surface area (Å²) in [6, 6.07) is 17.1. The summed E-state index contributed by atoms with van der Waals surface area (Å²) in [7, 11) is -3.24. The molecule has 1 unspecified atom stereocenters. The van der Waals surface area contributed by atoms with Crippen LogP contribution in [0.5, 0.6) is 0 Å². The van der Waals surface area contributed by atoms with Crippen LogP contribution in [0.2, 0.25) is 0 Å². The molecule has 0 radical (unpaired) electrons. The number of hydrogen-bond acceptors (Lipinski definition) is 2. The molecule has 3 aromatic rings. The van der Waals surface area contributed by atoms with Crippen molar-refractivity contribution in [3.63, 3.8) is 0 Å². The van der Waals surface area contributed by atoms with Gasteiger partial charge in [-0.25, -0.2) is 8.42 Å². The fourth-order valence-corrected chi connectivity index (χ4v) is 4.76. The second-order valence-electron chi connectivity index (χ2n) is 5.12. The van der Waals surface area contributed by atoms with Crippen molar-refractivity contribution in [2.75, 3.05) is 5.75 Å². The molecule has 100 valence electrons. The fraction of sp³-hybridized carbons (Fsp3) is 0.125. The Hall–Kier alpha value is -2.07. The quantitative estimate of drug-likeness (QED) is 0.688. The van der Waals surface area contributed by atoms with Crippen molar-refractivity contribution in [3.8, 4) is 0 Å². The zero-order chi connectivity index (χ0) is 13.7. The van der Waals surface area contributed by atoms with E-state index in [0.29, 0.717) is 4.90 Å². The van der Waals surface area contributed by atoms with Gasteiger partial charge in [-0.1, -0.05) is 42.5 Å². The van der Waals surface area contributed by atoms with Gasteiger partial charge in [-0.2, -0.15) is 0 Å². The summed E-state index contributed by atoms with van der Waals surface area (Å²) >= 11 is 0. The molecular weight excluding hydrogens is 270 g/mol. The van der Waals surface area contributed by atoms with Crippen molar-refractivity contribution < 1.29 is 8.42 Å². The van der Waals surface area contributed by atoms with Gasteiger partial charge in [-0.3, -0.25) is 0 Å². The highest BCUT2D eigenvalue weighted by molar-refractivity contribution is 7.91. The van der Waals surface area contributed by atoms with Crippen LogP contribution in [-0.2, 0) is 9.84 Å². The molecule has 1 aromatic heterocycles. The largest absolute Gasteiger partial charge is 0.338 e. The van der Waals surface area contributed by atoms with E-state index in [1.165, 1.54) is 0 Å². The Kier molecular flexibility index (Phi) is 2.32. The molecule has 1 aliphatic heterocycles. The monoisotopic (exact) mass is 283 g/mol.